The summed E-state index contributed by atoms with van der Waals surface area (Å²) in [6.45, 7) is 0.894. The monoisotopic (exact) mass is 368 g/mol. The second-order valence-corrected chi connectivity index (χ2v) is 6.46. The highest BCUT2D eigenvalue weighted by Crippen LogP contribution is 2.27. The van der Waals surface area contributed by atoms with Gasteiger partial charge in [-0.3, -0.25) is 0 Å². The largest absolute Gasteiger partial charge is 0.487 e. The fraction of sp³-hybridized carbons (Fsp3) is 0.357. The van der Waals surface area contributed by atoms with E-state index in [2.05, 4.69) is 10.3 Å². The Hall–Kier alpha value is -1.54. The first kappa shape index (κ1) is 17.8. The number of alkyl halides is 4. The molecule has 0 spiro atoms. The average Bonchev–Trinajstić information content (AvgIpc) is 2.89. The molecule has 0 aliphatic carbocycles. The Bertz CT molecular complexity index is 666. The second-order valence-electron chi connectivity index (χ2n) is 4.76. The number of rotatable bonds is 7. The van der Waals surface area contributed by atoms with E-state index >= 15 is 0 Å². The predicted octanol–water partition coefficient (Wildman–Crippen LogP) is 5.00. The van der Waals surface area contributed by atoms with Crippen molar-refractivity contribution in [1.29, 1.82) is 0 Å². The molecule has 0 amide bonds. The summed E-state index contributed by atoms with van der Waals surface area (Å²) in [5.41, 5.74) is 1.50. The van der Waals surface area contributed by atoms with Crippen LogP contribution in [0.5, 0.6) is 5.75 Å². The summed E-state index contributed by atoms with van der Waals surface area (Å²) < 4.78 is 55.0. The van der Waals surface area contributed by atoms with Crippen LogP contribution in [0.25, 0.3) is 0 Å². The summed E-state index contributed by atoms with van der Waals surface area (Å²) >= 11 is 7.08. The van der Waals surface area contributed by atoms with Crippen molar-refractivity contribution < 1.29 is 22.3 Å². The standard InChI is InChI=1S/C14H13ClF4N2OS/c1-8-4-9(22-7-14(18,19)12(16)17)2-3-11(8)20-5-10-6-21-13(15)23-10/h2-4,6,12,20H,5,7H2,1H3. The molecule has 1 aromatic carbocycles. The molecule has 1 aromatic heterocycles. The highest BCUT2D eigenvalue weighted by molar-refractivity contribution is 7.15. The summed E-state index contributed by atoms with van der Waals surface area (Å²) in [5.74, 6) is -4.06. The van der Waals surface area contributed by atoms with Crippen LogP contribution in [-0.2, 0) is 6.54 Å². The van der Waals surface area contributed by atoms with Gasteiger partial charge in [0.25, 0.3) is 0 Å². The molecule has 3 nitrogen and oxygen atoms in total. The Balaban J connectivity index is 1.95. The third kappa shape index (κ3) is 4.97. The molecule has 126 valence electrons. The fourth-order valence-electron chi connectivity index (χ4n) is 1.71. The summed E-state index contributed by atoms with van der Waals surface area (Å²) in [6, 6.07) is 4.58. The number of benzene rings is 1. The van der Waals surface area contributed by atoms with E-state index in [4.69, 9.17) is 16.3 Å². The number of hydrogen-bond acceptors (Lipinski definition) is 4. The zero-order valence-corrected chi connectivity index (χ0v) is 13.5. The summed E-state index contributed by atoms with van der Waals surface area (Å²) in [5, 5.41) is 3.15. The Labute approximate surface area is 139 Å². The van der Waals surface area contributed by atoms with Crippen LogP contribution in [0.15, 0.2) is 24.4 Å². The lowest BCUT2D eigenvalue weighted by Gasteiger charge is -2.17. The maximum atomic E-state index is 12.8. The summed E-state index contributed by atoms with van der Waals surface area (Å²) in [6.07, 6.45) is -2.10. The lowest BCUT2D eigenvalue weighted by Crippen LogP contribution is -2.33. The van der Waals surface area contributed by atoms with Crippen molar-refractivity contribution in [2.24, 2.45) is 0 Å². The van der Waals surface area contributed by atoms with Crippen LogP contribution in [-0.4, -0.2) is 23.9 Å². The molecule has 0 bridgehead atoms. The first-order chi connectivity index (χ1) is 10.8. The molecule has 0 aliphatic rings. The normalized spacial score (nSPS) is 11.8. The second kappa shape index (κ2) is 7.35. The minimum Gasteiger partial charge on any atom is -0.487 e. The molecule has 23 heavy (non-hydrogen) atoms. The highest BCUT2D eigenvalue weighted by atomic mass is 35.5. The van der Waals surface area contributed by atoms with Crippen molar-refractivity contribution in [3.8, 4) is 5.75 Å². The fourth-order valence-corrected chi connectivity index (χ4v) is 2.63. The Morgan fingerprint density at radius 3 is 2.70 bits per heavy atom. The van der Waals surface area contributed by atoms with Gasteiger partial charge in [-0.25, -0.2) is 13.8 Å². The van der Waals surface area contributed by atoms with Crippen LogP contribution in [0.3, 0.4) is 0 Å². The SMILES string of the molecule is Cc1cc(OCC(F)(F)C(F)F)ccc1NCc1cnc(Cl)s1. The Morgan fingerprint density at radius 1 is 1.39 bits per heavy atom. The van der Waals surface area contributed by atoms with Gasteiger partial charge in [-0.1, -0.05) is 11.6 Å². The molecular formula is C14H13ClF4N2OS. The van der Waals surface area contributed by atoms with Crippen LogP contribution in [0.2, 0.25) is 4.47 Å². The molecule has 0 saturated carbocycles. The first-order valence-electron chi connectivity index (χ1n) is 6.51. The summed E-state index contributed by atoms with van der Waals surface area (Å²) in [7, 11) is 0. The number of halogens is 5. The van der Waals surface area contributed by atoms with Gasteiger partial charge in [0.05, 0.1) is 6.54 Å². The van der Waals surface area contributed by atoms with E-state index < -0.39 is 19.0 Å². The summed E-state index contributed by atoms with van der Waals surface area (Å²) in [4.78, 5) is 4.86. The zero-order valence-electron chi connectivity index (χ0n) is 12.0. The Kier molecular flexibility index (Phi) is 5.69. The quantitative estimate of drug-likeness (QED) is 0.699. The minimum absolute atomic E-state index is 0.106. The molecule has 0 radical (unpaired) electrons. The number of anilines is 1. The van der Waals surface area contributed by atoms with Crippen LogP contribution in [0.4, 0.5) is 23.2 Å². The molecule has 0 atom stereocenters. The third-order valence-corrected chi connectivity index (χ3v) is 4.04. The van der Waals surface area contributed by atoms with Gasteiger partial charge in [-0.15, -0.1) is 11.3 Å². The number of aryl methyl sites for hydroxylation is 1. The van der Waals surface area contributed by atoms with Gasteiger partial charge in [0.1, 0.15) is 5.75 Å². The van der Waals surface area contributed by atoms with Gasteiger partial charge in [0.2, 0.25) is 0 Å². The molecule has 1 heterocycles. The van der Waals surface area contributed by atoms with Crippen molar-refractivity contribution in [3.05, 3.63) is 39.3 Å². The third-order valence-electron chi connectivity index (χ3n) is 2.93. The number of ether oxygens (including phenoxy) is 1. The number of hydrogen-bond donors (Lipinski definition) is 1. The molecule has 0 aliphatic heterocycles. The molecule has 0 saturated heterocycles. The Morgan fingerprint density at radius 2 is 2.13 bits per heavy atom. The number of thiazole rings is 1. The van der Waals surface area contributed by atoms with Gasteiger partial charge >= 0.3 is 12.3 Å². The zero-order chi connectivity index (χ0) is 17.0. The number of aromatic nitrogens is 1. The van der Waals surface area contributed by atoms with E-state index in [1.165, 1.54) is 23.5 Å². The maximum Gasteiger partial charge on any atom is 0.340 e. The first-order valence-corrected chi connectivity index (χ1v) is 7.71. The lowest BCUT2D eigenvalue weighted by atomic mass is 10.2. The topological polar surface area (TPSA) is 34.1 Å². The van der Waals surface area contributed by atoms with Crippen LogP contribution < -0.4 is 10.1 Å². The minimum atomic E-state index is -4.17. The van der Waals surface area contributed by atoms with Crippen LogP contribution in [0, 0.1) is 6.92 Å². The van der Waals surface area contributed by atoms with Crippen molar-refractivity contribution in [3.63, 3.8) is 0 Å². The molecule has 2 rings (SSSR count). The molecule has 9 heteroatoms. The van der Waals surface area contributed by atoms with Crippen molar-refractivity contribution in [2.75, 3.05) is 11.9 Å². The average molecular weight is 369 g/mol. The number of nitrogens with one attached hydrogen (secondary N) is 1. The van der Waals surface area contributed by atoms with Crippen molar-refractivity contribution in [2.45, 2.75) is 25.8 Å². The smallest absolute Gasteiger partial charge is 0.340 e. The maximum absolute atomic E-state index is 12.8. The van der Waals surface area contributed by atoms with E-state index in [0.29, 0.717) is 11.0 Å². The molecule has 0 fully saturated rings. The van der Waals surface area contributed by atoms with Gasteiger partial charge in [0, 0.05) is 16.8 Å². The van der Waals surface area contributed by atoms with Gasteiger partial charge in [-0.2, -0.15) is 8.78 Å². The van der Waals surface area contributed by atoms with Crippen LogP contribution >= 0.6 is 22.9 Å². The van der Waals surface area contributed by atoms with E-state index in [0.717, 1.165) is 16.1 Å². The van der Waals surface area contributed by atoms with Crippen LogP contribution in [0.1, 0.15) is 10.4 Å². The number of nitrogens with zero attached hydrogens (tertiary/aromatic N) is 1. The molecular weight excluding hydrogens is 356 g/mol. The predicted molar refractivity (Wildman–Crippen MR) is 82.1 cm³/mol. The van der Waals surface area contributed by atoms with Crippen molar-refractivity contribution in [1.82, 2.24) is 4.98 Å². The highest BCUT2D eigenvalue weighted by Gasteiger charge is 2.41. The molecule has 0 unspecified atom stereocenters. The lowest BCUT2D eigenvalue weighted by molar-refractivity contribution is -0.148. The van der Waals surface area contributed by atoms with E-state index in [1.54, 1.807) is 19.2 Å². The van der Waals surface area contributed by atoms with E-state index in [1.807, 2.05) is 0 Å². The van der Waals surface area contributed by atoms with Crippen molar-refractivity contribution >= 4 is 28.6 Å². The van der Waals surface area contributed by atoms with E-state index in [-0.39, 0.29) is 5.75 Å². The van der Waals surface area contributed by atoms with E-state index in [9.17, 15) is 17.6 Å². The van der Waals surface area contributed by atoms with Gasteiger partial charge < -0.3 is 10.1 Å². The molecule has 1 N–H and O–H groups in total. The van der Waals surface area contributed by atoms with Gasteiger partial charge in [-0.05, 0) is 30.7 Å². The van der Waals surface area contributed by atoms with Gasteiger partial charge in [0.15, 0.2) is 11.1 Å². The molecule has 2 aromatic rings.